The summed E-state index contributed by atoms with van der Waals surface area (Å²) in [6, 6.07) is 9.29. The lowest BCUT2D eigenvalue weighted by Gasteiger charge is -2.22. The van der Waals surface area contributed by atoms with Crippen LogP contribution in [0.5, 0.6) is 5.75 Å². The Hall–Kier alpha value is -3.01. The normalized spacial score (nSPS) is 10.9. The first-order valence-corrected chi connectivity index (χ1v) is 10.3. The third-order valence-corrected chi connectivity index (χ3v) is 3.92. The van der Waals surface area contributed by atoms with Gasteiger partial charge in [0, 0.05) is 6.54 Å². The number of rotatable bonds is 9. The van der Waals surface area contributed by atoms with Gasteiger partial charge in [0.05, 0.1) is 25.7 Å². The van der Waals surface area contributed by atoms with Gasteiger partial charge in [-0.1, -0.05) is 12.1 Å². The molecule has 0 aliphatic carbocycles. The summed E-state index contributed by atoms with van der Waals surface area (Å²) >= 11 is 0. The number of hydrogen-bond donors (Lipinski definition) is 1. The van der Waals surface area contributed by atoms with E-state index in [1.807, 2.05) is 0 Å². The minimum atomic E-state index is -3.66. The molecule has 0 saturated heterocycles. The van der Waals surface area contributed by atoms with Crippen molar-refractivity contribution in [3.05, 3.63) is 54.0 Å². The fourth-order valence-electron chi connectivity index (χ4n) is 2.35. The van der Waals surface area contributed by atoms with Gasteiger partial charge in [0.1, 0.15) is 18.1 Å². The first-order valence-electron chi connectivity index (χ1n) is 8.46. The van der Waals surface area contributed by atoms with Gasteiger partial charge < -0.3 is 23.6 Å². The Labute approximate surface area is 163 Å². The molecular formula is C18H22N2O7S. The zero-order valence-corrected chi connectivity index (χ0v) is 16.4. The Morgan fingerprint density at radius 2 is 1.96 bits per heavy atom. The second kappa shape index (κ2) is 9.79. The molecule has 2 amide bonds. The second-order valence-electron chi connectivity index (χ2n) is 5.83. The molecule has 1 N–H and O–H groups in total. The number of nitrogens with zero attached hydrogens (tertiary/aromatic N) is 1. The molecule has 0 aliphatic heterocycles. The van der Waals surface area contributed by atoms with Crippen LogP contribution >= 0.6 is 0 Å². The quantitative estimate of drug-likeness (QED) is 0.496. The summed E-state index contributed by atoms with van der Waals surface area (Å²) in [4.78, 5) is 25.4. The third-order valence-electron chi connectivity index (χ3n) is 3.42. The molecule has 10 heteroatoms. The molecule has 0 bridgehead atoms. The molecule has 0 radical (unpaired) electrons. The molecule has 0 atom stereocenters. The molecule has 0 unspecified atom stereocenters. The zero-order chi connectivity index (χ0) is 20.6. The molecule has 2 aromatic rings. The predicted molar refractivity (Wildman–Crippen MR) is 99.9 cm³/mol. The first-order chi connectivity index (χ1) is 13.3. The maximum absolute atomic E-state index is 12.5. The van der Waals surface area contributed by atoms with Gasteiger partial charge in [-0.25, -0.2) is 4.79 Å². The van der Waals surface area contributed by atoms with Crippen LogP contribution in [0.15, 0.2) is 47.1 Å². The minimum Gasteiger partial charge on any atom is -0.467 e. The van der Waals surface area contributed by atoms with E-state index < -0.39 is 22.1 Å². The molecule has 0 aliphatic rings. The van der Waals surface area contributed by atoms with E-state index >= 15 is 0 Å². The Balaban J connectivity index is 2.12. The number of carbonyl (C=O) groups excluding carboxylic acids is 2. The topological polar surface area (TPSA) is 115 Å². The number of carbonyl (C=O) groups is 2. The van der Waals surface area contributed by atoms with Crippen molar-refractivity contribution in [2.75, 3.05) is 19.4 Å². The summed E-state index contributed by atoms with van der Waals surface area (Å²) in [6.07, 6.45) is 2.44. The summed E-state index contributed by atoms with van der Waals surface area (Å²) in [5.41, 5.74) is 0.638. The van der Waals surface area contributed by atoms with Crippen LogP contribution < -0.4 is 9.50 Å². The highest BCUT2D eigenvalue weighted by Gasteiger charge is 2.18. The van der Waals surface area contributed by atoms with E-state index in [2.05, 4.69) is 5.32 Å². The van der Waals surface area contributed by atoms with Crippen LogP contribution in [-0.2, 0) is 32.7 Å². The van der Waals surface area contributed by atoms with Crippen molar-refractivity contribution in [3.8, 4) is 5.75 Å². The maximum Gasteiger partial charge on any atom is 0.325 e. The Bertz CT molecular complexity index is 894. The van der Waals surface area contributed by atoms with E-state index in [1.54, 1.807) is 31.2 Å². The fraction of sp³-hybridized carbons (Fsp3) is 0.333. The van der Waals surface area contributed by atoms with Crippen molar-refractivity contribution >= 4 is 22.1 Å². The van der Waals surface area contributed by atoms with E-state index in [1.165, 1.54) is 23.3 Å². The molecule has 1 aromatic carbocycles. The summed E-state index contributed by atoms with van der Waals surface area (Å²) in [7, 11) is -3.66. The molecular weight excluding hydrogens is 388 g/mol. The van der Waals surface area contributed by atoms with E-state index in [0.717, 1.165) is 6.26 Å². The number of esters is 1. The van der Waals surface area contributed by atoms with Crippen LogP contribution in [0, 0.1) is 0 Å². The molecule has 0 spiro atoms. The minimum absolute atomic E-state index is 0.135. The lowest BCUT2D eigenvalue weighted by atomic mass is 10.2. The summed E-state index contributed by atoms with van der Waals surface area (Å²) in [5, 5.41) is 2.50. The van der Waals surface area contributed by atoms with Crippen LogP contribution in [-0.4, -0.2) is 44.7 Å². The van der Waals surface area contributed by atoms with Crippen LogP contribution in [0.25, 0.3) is 0 Å². The smallest absolute Gasteiger partial charge is 0.325 e. The first kappa shape index (κ1) is 21.3. The molecule has 0 fully saturated rings. The number of amides is 2. The van der Waals surface area contributed by atoms with Gasteiger partial charge in [-0.2, -0.15) is 8.42 Å². The van der Waals surface area contributed by atoms with Crippen LogP contribution in [0.2, 0.25) is 0 Å². The van der Waals surface area contributed by atoms with E-state index in [0.29, 0.717) is 11.3 Å². The van der Waals surface area contributed by atoms with E-state index in [4.69, 9.17) is 13.3 Å². The SMILES string of the molecule is CCOC(=O)CNC(=O)N(Cc1cccc(OS(C)(=O)=O)c1)Cc1ccco1. The lowest BCUT2D eigenvalue weighted by molar-refractivity contribution is -0.141. The van der Waals surface area contributed by atoms with Gasteiger partial charge in [0.15, 0.2) is 0 Å². The van der Waals surface area contributed by atoms with Crippen molar-refractivity contribution in [1.29, 1.82) is 0 Å². The molecule has 28 heavy (non-hydrogen) atoms. The monoisotopic (exact) mass is 410 g/mol. The fourth-order valence-corrected chi connectivity index (χ4v) is 2.81. The van der Waals surface area contributed by atoms with Crippen molar-refractivity contribution < 1.29 is 31.3 Å². The average molecular weight is 410 g/mol. The highest BCUT2D eigenvalue weighted by atomic mass is 32.2. The van der Waals surface area contributed by atoms with Gasteiger partial charge >= 0.3 is 22.1 Å². The summed E-state index contributed by atoms with van der Waals surface area (Å²) < 4.78 is 37.6. The van der Waals surface area contributed by atoms with Crippen LogP contribution in [0.1, 0.15) is 18.2 Å². The number of hydrogen-bond acceptors (Lipinski definition) is 7. The molecule has 0 saturated carbocycles. The third kappa shape index (κ3) is 7.31. The van der Waals surface area contributed by atoms with Gasteiger partial charge in [0.2, 0.25) is 0 Å². The van der Waals surface area contributed by atoms with Crippen molar-refractivity contribution in [3.63, 3.8) is 0 Å². The number of urea groups is 1. The zero-order valence-electron chi connectivity index (χ0n) is 15.6. The highest BCUT2D eigenvalue weighted by Crippen LogP contribution is 2.18. The lowest BCUT2D eigenvalue weighted by Crippen LogP contribution is -2.41. The standard InChI is InChI=1S/C18H22N2O7S/c1-3-25-17(21)11-19-18(22)20(13-16-8-5-9-26-16)12-14-6-4-7-15(10-14)27-28(2,23)24/h4-10H,3,11-13H2,1-2H3,(H,19,22). The Morgan fingerprint density at radius 3 is 2.61 bits per heavy atom. The van der Waals surface area contributed by atoms with Gasteiger partial charge in [-0.15, -0.1) is 0 Å². The largest absolute Gasteiger partial charge is 0.467 e. The number of benzene rings is 1. The highest BCUT2D eigenvalue weighted by molar-refractivity contribution is 7.86. The van der Waals surface area contributed by atoms with Crippen LogP contribution in [0.4, 0.5) is 4.79 Å². The van der Waals surface area contributed by atoms with Crippen molar-refractivity contribution in [2.45, 2.75) is 20.0 Å². The predicted octanol–water partition coefficient (Wildman–Crippen LogP) is 1.89. The van der Waals surface area contributed by atoms with Crippen molar-refractivity contribution in [2.24, 2.45) is 0 Å². The molecule has 1 aromatic heterocycles. The number of furan rings is 1. The maximum atomic E-state index is 12.5. The second-order valence-corrected chi connectivity index (χ2v) is 7.41. The number of ether oxygens (including phenoxy) is 1. The Kier molecular flexibility index (Phi) is 7.44. The van der Waals surface area contributed by atoms with E-state index in [-0.39, 0.29) is 32.0 Å². The molecule has 1 heterocycles. The van der Waals surface area contributed by atoms with Gasteiger partial charge in [-0.3, -0.25) is 4.79 Å². The Morgan fingerprint density at radius 1 is 1.18 bits per heavy atom. The van der Waals surface area contributed by atoms with Crippen molar-refractivity contribution in [1.82, 2.24) is 10.2 Å². The van der Waals surface area contributed by atoms with E-state index in [9.17, 15) is 18.0 Å². The molecule has 2 rings (SSSR count). The molecule has 152 valence electrons. The summed E-state index contributed by atoms with van der Waals surface area (Å²) in [6.45, 7) is 1.92. The van der Waals surface area contributed by atoms with Gasteiger partial charge in [0.25, 0.3) is 0 Å². The number of nitrogens with one attached hydrogen (secondary N) is 1. The molecule has 9 nitrogen and oxygen atoms in total. The average Bonchev–Trinajstić information content (AvgIpc) is 3.11. The van der Waals surface area contributed by atoms with Crippen LogP contribution in [0.3, 0.4) is 0 Å². The van der Waals surface area contributed by atoms with Gasteiger partial charge in [-0.05, 0) is 36.8 Å². The summed E-state index contributed by atoms with van der Waals surface area (Å²) in [5.74, 6) is 0.150.